The highest BCUT2D eigenvalue weighted by Crippen LogP contribution is 2.34. The van der Waals surface area contributed by atoms with Crippen molar-refractivity contribution in [2.75, 3.05) is 14.2 Å². The lowest BCUT2D eigenvalue weighted by Crippen LogP contribution is -2.17. The van der Waals surface area contributed by atoms with E-state index in [1.807, 2.05) is 144 Å². The largest absolute Gasteiger partial charge is 0.263 e. The molecule has 18 nitrogen and oxygen atoms in total. The van der Waals surface area contributed by atoms with E-state index >= 15 is 0 Å². The number of para-hydroxylation sites is 1. The van der Waals surface area contributed by atoms with Crippen molar-refractivity contribution in [3.63, 3.8) is 0 Å². The third-order valence-corrected chi connectivity index (χ3v) is 20.0. The zero-order valence-electron chi connectivity index (χ0n) is 54.4. The molecule has 0 amide bonds. The van der Waals surface area contributed by atoms with Crippen molar-refractivity contribution in [1.82, 2.24) is 44.3 Å². The Bertz CT molecular complexity index is 5130. The molecule has 12 rings (SSSR count). The minimum Gasteiger partial charge on any atom is -0.263 e. The zero-order chi connectivity index (χ0) is 67.2. The van der Waals surface area contributed by atoms with Crippen molar-refractivity contribution >= 4 is 91.7 Å². The van der Waals surface area contributed by atoms with E-state index in [4.69, 9.17) is 11.6 Å². The maximum absolute atomic E-state index is 13.2. The lowest BCUT2D eigenvalue weighted by molar-refractivity contribution is 0.587. The summed E-state index contributed by atoms with van der Waals surface area (Å²) in [6.45, 7) is 28.2. The molecule has 0 fully saturated rings. The van der Waals surface area contributed by atoms with Gasteiger partial charge in [0, 0.05) is 46.8 Å². The Morgan fingerprint density at radius 3 is 1.35 bits per heavy atom. The molecule has 0 atom stereocenters. The zero-order valence-corrected chi connectivity index (χ0v) is 57.6. The molecule has 12 aromatic rings. The summed E-state index contributed by atoms with van der Waals surface area (Å²) in [5.41, 5.74) is 9.26. The van der Waals surface area contributed by atoms with E-state index in [-0.39, 0.29) is 30.9 Å². The van der Waals surface area contributed by atoms with Crippen LogP contribution in [0.4, 0.5) is 17.5 Å². The van der Waals surface area contributed by atoms with Crippen LogP contribution in [0.25, 0.3) is 49.9 Å². The van der Waals surface area contributed by atoms with Crippen LogP contribution in [0, 0.1) is 34.6 Å². The lowest BCUT2D eigenvalue weighted by Gasteiger charge is -2.19. The van der Waals surface area contributed by atoms with Gasteiger partial charge >= 0.3 is 0 Å². The summed E-state index contributed by atoms with van der Waals surface area (Å²) in [7, 11) is -11.4. The molecule has 480 valence electrons. The summed E-state index contributed by atoms with van der Waals surface area (Å²) in [6, 6.07) is 50.8. The summed E-state index contributed by atoms with van der Waals surface area (Å²) in [6.07, 6.45) is 3.48. The van der Waals surface area contributed by atoms with Crippen LogP contribution >= 0.6 is 11.6 Å². The van der Waals surface area contributed by atoms with Crippen molar-refractivity contribution in [2.45, 2.75) is 128 Å². The maximum atomic E-state index is 13.2. The standard InChI is InChI=1S/C24H25ClN4O2S.C24H26N4O2S.C23H24N4O2S/c1-15-12-13-26-23-19(25)10-11-20(22(15)23)29-21(14-16(2)27-29)28-32(30,31)18-8-6-17(7-9-18)24(3,4)5;1-16-15-25-23(21-9-7-6-8-20(16)21)28-22(14-17(2)26-28)27-31(29,30)19-12-10-18(11-13-19)24(3,4)5;1-16-15-22(26-30(28,29)19-12-10-18(11-13-19)23(2,3)4)27(25-16)21-14-9-17-7-5-6-8-20(17)24-21/h6-14,28H,1-5H3;6-15,27H,1-5H3;5-15,26H,1-4H3. The summed E-state index contributed by atoms with van der Waals surface area (Å²) in [5.74, 6) is 2.15. The van der Waals surface area contributed by atoms with Crippen molar-refractivity contribution in [3.05, 3.63) is 232 Å². The average Bonchev–Trinajstić information content (AvgIpc) is 1.76. The number of aromatic nitrogens is 9. The molecule has 3 N–H and O–H groups in total. The fourth-order valence-electron chi connectivity index (χ4n) is 10.4. The minimum atomic E-state index is -3.82. The molecule has 0 saturated heterocycles. The number of benzene rings is 6. The van der Waals surface area contributed by atoms with Crippen LogP contribution in [0.2, 0.25) is 5.02 Å². The molecule has 0 spiro atoms. The molecule has 22 heteroatoms. The second kappa shape index (κ2) is 25.7. The van der Waals surface area contributed by atoms with E-state index in [9.17, 15) is 25.3 Å². The number of fused-ring (bicyclic) bond motifs is 3. The number of aryl methyl sites for hydroxylation is 5. The molecule has 0 aliphatic heterocycles. The van der Waals surface area contributed by atoms with E-state index in [2.05, 4.69) is 107 Å². The maximum Gasteiger partial charge on any atom is 0.263 e. The van der Waals surface area contributed by atoms with Crippen LogP contribution in [-0.2, 0) is 46.3 Å². The fourth-order valence-corrected chi connectivity index (χ4v) is 13.7. The van der Waals surface area contributed by atoms with E-state index < -0.39 is 30.1 Å². The smallest absolute Gasteiger partial charge is 0.263 e. The van der Waals surface area contributed by atoms with Crippen molar-refractivity contribution in [2.24, 2.45) is 0 Å². The van der Waals surface area contributed by atoms with Gasteiger partial charge in [-0.05, 0) is 157 Å². The van der Waals surface area contributed by atoms with Gasteiger partial charge in [0.1, 0.15) is 17.5 Å². The molecule has 93 heavy (non-hydrogen) atoms. The third kappa shape index (κ3) is 14.8. The van der Waals surface area contributed by atoms with Crippen LogP contribution in [-0.4, -0.2) is 69.5 Å². The van der Waals surface area contributed by atoms with Gasteiger partial charge in [-0.2, -0.15) is 24.7 Å². The molecule has 0 aliphatic rings. The number of nitrogens with one attached hydrogen (secondary N) is 3. The number of rotatable bonds is 12. The number of sulfonamides is 3. The van der Waals surface area contributed by atoms with E-state index in [1.165, 1.54) is 4.68 Å². The van der Waals surface area contributed by atoms with Gasteiger partial charge in [-0.3, -0.25) is 19.2 Å². The van der Waals surface area contributed by atoms with Gasteiger partial charge in [0.05, 0.1) is 53.5 Å². The molecule has 6 heterocycles. The lowest BCUT2D eigenvalue weighted by atomic mass is 9.87. The highest BCUT2D eigenvalue weighted by atomic mass is 35.5. The van der Waals surface area contributed by atoms with E-state index in [1.54, 1.807) is 82.4 Å². The van der Waals surface area contributed by atoms with Gasteiger partial charge in [-0.25, -0.2) is 39.9 Å². The summed E-state index contributed by atoms with van der Waals surface area (Å²) in [5, 5.41) is 17.8. The molecule has 0 aliphatic carbocycles. The summed E-state index contributed by atoms with van der Waals surface area (Å²) >= 11 is 6.36. The molecular weight excluding hydrogens is 1250 g/mol. The second-order valence-corrected chi connectivity index (χ2v) is 31.4. The predicted molar refractivity (Wildman–Crippen MR) is 373 cm³/mol. The van der Waals surface area contributed by atoms with E-state index in [0.29, 0.717) is 62.4 Å². The van der Waals surface area contributed by atoms with Gasteiger partial charge in [0.15, 0.2) is 11.6 Å². The normalized spacial score (nSPS) is 12.3. The average molecular weight is 1320 g/mol. The number of hydrogen-bond acceptors (Lipinski definition) is 12. The number of pyridine rings is 3. The van der Waals surface area contributed by atoms with Crippen molar-refractivity contribution < 1.29 is 25.3 Å². The summed E-state index contributed by atoms with van der Waals surface area (Å²) < 4.78 is 91.2. The number of anilines is 3. The first-order valence-corrected chi connectivity index (χ1v) is 34.8. The molecule has 6 aromatic carbocycles. The van der Waals surface area contributed by atoms with Gasteiger partial charge in [0.25, 0.3) is 30.1 Å². The third-order valence-electron chi connectivity index (χ3n) is 15.5. The Morgan fingerprint density at radius 2 is 0.860 bits per heavy atom. The highest BCUT2D eigenvalue weighted by molar-refractivity contribution is 7.93. The monoisotopic (exact) mass is 1320 g/mol. The predicted octanol–water partition coefficient (Wildman–Crippen LogP) is 15.8. The first-order chi connectivity index (χ1) is 43.7. The van der Waals surface area contributed by atoms with Crippen molar-refractivity contribution in [3.8, 4) is 17.3 Å². The first kappa shape index (κ1) is 66.6. The SMILES string of the molecule is Cc1cc(NS(=O)(=O)c2ccc(C(C)(C)C)cc2)n(-c2ccc(Cl)c3nccc(C)c23)n1.Cc1cc(NS(=O)(=O)c2ccc(C(C)(C)C)cc2)n(-c2ccc3ccccc3n2)n1.Cc1cc(NS(=O)(=O)c2ccc(C(C)(C)C)cc2)n(-c2ncc(C)c3ccccc23)n1. The Morgan fingerprint density at radius 1 is 0.430 bits per heavy atom. The highest BCUT2D eigenvalue weighted by Gasteiger charge is 2.26. The Kier molecular flexibility index (Phi) is 18.4. The fraction of sp³-hybridized carbons (Fsp3) is 0.239. The quantitative estimate of drug-likeness (QED) is 0.104. The van der Waals surface area contributed by atoms with Crippen LogP contribution in [0.1, 0.15) is 107 Å². The minimum absolute atomic E-state index is 0.0484. The van der Waals surface area contributed by atoms with Crippen LogP contribution in [0.5, 0.6) is 0 Å². The molecular formula is C71H75ClN12O6S3. The number of halogens is 1. The Balaban J connectivity index is 0.000000153. The van der Waals surface area contributed by atoms with Crippen LogP contribution in [0.15, 0.2) is 197 Å². The number of hydrogen-bond donors (Lipinski definition) is 3. The van der Waals surface area contributed by atoms with Gasteiger partial charge in [-0.1, -0.05) is 153 Å². The molecule has 0 radical (unpaired) electrons. The summed E-state index contributed by atoms with van der Waals surface area (Å²) in [4.78, 5) is 14.2. The molecule has 0 saturated carbocycles. The topological polar surface area (TPSA) is 231 Å². The van der Waals surface area contributed by atoms with Crippen molar-refractivity contribution in [1.29, 1.82) is 0 Å². The van der Waals surface area contributed by atoms with Crippen LogP contribution in [0.3, 0.4) is 0 Å². The Hall–Kier alpha value is -9.28. The Labute approximate surface area is 549 Å². The van der Waals surface area contributed by atoms with E-state index in [0.717, 1.165) is 54.9 Å². The van der Waals surface area contributed by atoms with Crippen LogP contribution < -0.4 is 14.2 Å². The molecule has 6 aromatic heterocycles. The first-order valence-electron chi connectivity index (χ1n) is 30.0. The molecule has 0 unspecified atom stereocenters. The second-order valence-electron chi connectivity index (χ2n) is 26.0. The van der Waals surface area contributed by atoms with Gasteiger partial charge in [0.2, 0.25) is 0 Å². The number of nitrogens with zero attached hydrogens (tertiary/aromatic N) is 9. The van der Waals surface area contributed by atoms with Gasteiger partial charge < -0.3 is 0 Å². The van der Waals surface area contributed by atoms with Gasteiger partial charge in [-0.15, -0.1) is 0 Å². The molecule has 0 bridgehead atoms.